The van der Waals surface area contributed by atoms with E-state index in [4.69, 9.17) is 11.0 Å². The normalized spacial score (nSPS) is 17.1. The molecular weight excluding hydrogens is 376 g/mol. The first-order chi connectivity index (χ1) is 17.7. The van der Waals surface area contributed by atoms with E-state index >= 15 is 0 Å². The van der Waals surface area contributed by atoms with Gasteiger partial charge in [-0.25, -0.2) is 4.57 Å². The molecule has 0 amide bonds. The first-order valence-electron chi connectivity index (χ1n) is 14.5. The number of para-hydroxylation sites is 1. The highest BCUT2D eigenvalue weighted by Gasteiger charge is 2.31. The molecule has 31 heavy (non-hydrogen) atoms. The molecule has 2 nitrogen and oxygen atoms in total. The minimum atomic E-state index is -2.30. The lowest BCUT2D eigenvalue weighted by molar-refractivity contribution is -0.557. The molecule has 0 spiro atoms. The summed E-state index contributed by atoms with van der Waals surface area (Å²) in [6, 6.07) is 15.7. The Morgan fingerprint density at radius 2 is 1.48 bits per heavy atom. The Bertz CT molecular complexity index is 1530. The number of nitrogens with zero attached hydrogens (tertiary/aromatic N) is 2. The summed E-state index contributed by atoms with van der Waals surface area (Å²) in [4.78, 5) is 0. The van der Waals surface area contributed by atoms with Gasteiger partial charge in [0.25, 0.3) is 5.82 Å². The standard InChI is InChI=1S/C29H35N2/c1-18(2)23-10-9-11-24(19(3)4)28(23)31-26-15-13-21(6)17-27(26)30(8)29(31)25-14-12-20(5)16-22(25)7/h9-19H,1-8H3/q+1/i5D3,6D3,18D,19D. The highest BCUT2D eigenvalue weighted by Crippen LogP contribution is 2.33. The summed E-state index contributed by atoms with van der Waals surface area (Å²) in [6.07, 6.45) is 0. The predicted molar refractivity (Wildman–Crippen MR) is 132 cm³/mol. The van der Waals surface area contributed by atoms with E-state index in [9.17, 15) is 0 Å². The van der Waals surface area contributed by atoms with E-state index in [2.05, 4.69) is 0 Å². The van der Waals surface area contributed by atoms with Crippen molar-refractivity contribution in [1.29, 1.82) is 0 Å². The largest absolute Gasteiger partial charge is 0.295 e. The van der Waals surface area contributed by atoms with Crippen molar-refractivity contribution in [2.45, 2.75) is 60.1 Å². The minimum absolute atomic E-state index is 0.207. The molecule has 1 aromatic heterocycles. The van der Waals surface area contributed by atoms with Gasteiger partial charge in [-0.15, -0.1) is 0 Å². The van der Waals surface area contributed by atoms with Crippen LogP contribution in [0.5, 0.6) is 0 Å². The van der Waals surface area contributed by atoms with Crippen LogP contribution in [0.4, 0.5) is 0 Å². The second-order valence-corrected chi connectivity index (χ2v) is 8.65. The van der Waals surface area contributed by atoms with E-state index in [0.29, 0.717) is 17.0 Å². The van der Waals surface area contributed by atoms with Gasteiger partial charge < -0.3 is 0 Å². The van der Waals surface area contributed by atoms with Crippen LogP contribution in [0.1, 0.15) is 78.3 Å². The van der Waals surface area contributed by atoms with Gasteiger partial charge in [0.1, 0.15) is 5.69 Å². The summed E-state index contributed by atoms with van der Waals surface area (Å²) in [5, 5.41) is 0. The highest BCUT2D eigenvalue weighted by molar-refractivity contribution is 5.78. The van der Waals surface area contributed by atoms with Crippen molar-refractivity contribution in [1.82, 2.24) is 4.57 Å². The van der Waals surface area contributed by atoms with E-state index in [0.717, 1.165) is 27.8 Å². The van der Waals surface area contributed by atoms with Crippen molar-refractivity contribution in [3.05, 3.63) is 82.4 Å². The maximum atomic E-state index is 8.99. The lowest BCUT2D eigenvalue weighted by Gasteiger charge is -2.18. The monoisotopic (exact) mass is 419 g/mol. The molecule has 0 atom stereocenters. The Morgan fingerprint density at radius 3 is 2.06 bits per heavy atom. The topological polar surface area (TPSA) is 8.81 Å². The van der Waals surface area contributed by atoms with Crippen LogP contribution in [-0.4, -0.2) is 4.57 Å². The van der Waals surface area contributed by atoms with E-state index < -0.39 is 25.5 Å². The van der Waals surface area contributed by atoms with Crippen LogP contribution >= 0.6 is 0 Å². The van der Waals surface area contributed by atoms with Gasteiger partial charge in [0.2, 0.25) is 0 Å². The van der Waals surface area contributed by atoms with Crippen LogP contribution in [0.15, 0.2) is 54.6 Å². The molecule has 0 aliphatic rings. The highest BCUT2D eigenvalue weighted by atomic mass is 15.2. The van der Waals surface area contributed by atoms with Gasteiger partial charge in [-0.3, -0.25) is 0 Å². The molecule has 0 aliphatic carbocycles. The fourth-order valence-corrected chi connectivity index (χ4v) is 4.39. The number of hydrogen-bond donors (Lipinski definition) is 0. The van der Waals surface area contributed by atoms with Crippen LogP contribution in [0.2, 0.25) is 0 Å². The van der Waals surface area contributed by atoms with Crippen molar-refractivity contribution < 1.29 is 15.5 Å². The Kier molecular flexibility index (Phi) is 3.49. The van der Waals surface area contributed by atoms with Gasteiger partial charge >= 0.3 is 0 Å². The molecule has 2 heteroatoms. The van der Waals surface area contributed by atoms with Crippen LogP contribution in [0.3, 0.4) is 0 Å². The zero-order chi connectivity index (χ0) is 29.3. The van der Waals surface area contributed by atoms with Gasteiger partial charge in [-0.2, -0.15) is 4.57 Å². The number of benzene rings is 3. The van der Waals surface area contributed by atoms with E-state index in [-0.39, 0.29) is 11.1 Å². The van der Waals surface area contributed by atoms with Crippen LogP contribution in [0.25, 0.3) is 28.1 Å². The molecule has 0 radical (unpaired) electrons. The molecule has 3 aromatic carbocycles. The number of aromatic nitrogens is 2. The van der Waals surface area contributed by atoms with Gasteiger partial charge in [-0.1, -0.05) is 69.7 Å². The van der Waals surface area contributed by atoms with Crippen LogP contribution < -0.4 is 4.57 Å². The van der Waals surface area contributed by atoms with Crippen molar-refractivity contribution in [3.8, 4) is 17.1 Å². The molecule has 1 heterocycles. The summed E-state index contributed by atoms with van der Waals surface area (Å²) in [5.74, 6) is -1.33. The predicted octanol–water partition coefficient (Wildman–Crippen LogP) is 7.29. The molecule has 0 aliphatic heterocycles. The number of imidazole rings is 1. The molecular formula is C29H35N2+. The molecule has 0 unspecified atom stereocenters. The lowest BCUT2D eigenvalue weighted by atomic mass is 9.92. The van der Waals surface area contributed by atoms with Crippen molar-refractivity contribution in [2.24, 2.45) is 7.05 Å². The quantitative estimate of drug-likeness (QED) is 0.307. The summed E-state index contributed by atoms with van der Waals surface area (Å²) < 4.78 is 69.4. The average molecular weight is 420 g/mol. The molecule has 0 bridgehead atoms. The number of aryl methyl sites for hydroxylation is 4. The second kappa shape index (κ2) is 8.00. The van der Waals surface area contributed by atoms with Gasteiger partial charge in [0.05, 0.1) is 12.6 Å². The third-order valence-corrected chi connectivity index (χ3v) is 5.91. The summed E-state index contributed by atoms with van der Waals surface area (Å²) in [5.41, 5.74) is 5.48. The fraction of sp³-hybridized carbons (Fsp3) is 0.345. The van der Waals surface area contributed by atoms with E-state index in [1.54, 1.807) is 64.1 Å². The summed E-state index contributed by atoms with van der Waals surface area (Å²) in [7, 11) is 1.86. The van der Waals surface area contributed by atoms with Crippen molar-refractivity contribution >= 4 is 11.0 Å². The molecule has 4 rings (SSSR count). The molecule has 0 saturated carbocycles. The lowest BCUT2D eigenvalue weighted by Crippen LogP contribution is -2.36. The van der Waals surface area contributed by atoms with Crippen molar-refractivity contribution in [3.63, 3.8) is 0 Å². The molecule has 0 fully saturated rings. The Morgan fingerprint density at radius 1 is 0.871 bits per heavy atom. The smallest absolute Gasteiger partial charge is 0.225 e. The van der Waals surface area contributed by atoms with Crippen LogP contribution in [-0.2, 0) is 7.05 Å². The number of rotatable bonds is 4. The molecule has 4 aromatic rings. The minimum Gasteiger partial charge on any atom is -0.225 e. The molecule has 0 N–H and O–H groups in total. The first kappa shape index (κ1) is 13.5. The molecule has 160 valence electrons. The number of hydrogen-bond acceptors (Lipinski definition) is 0. The van der Waals surface area contributed by atoms with Gasteiger partial charge in [0.15, 0.2) is 11.0 Å². The third-order valence-electron chi connectivity index (χ3n) is 5.91. The second-order valence-electron chi connectivity index (χ2n) is 8.65. The summed E-state index contributed by atoms with van der Waals surface area (Å²) in [6.45, 7) is 4.54. The maximum Gasteiger partial charge on any atom is 0.295 e. The molecule has 0 saturated heterocycles. The van der Waals surface area contributed by atoms with Gasteiger partial charge in [0, 0.05) is 22.1 Å². The average Bonchev–Trinajstić information content (AvgIpc) is 3.07. The zero-order valence-electron chi connectivity index (χ0n) is 27.1. The first-order valence-corrected chi connectivity index (χ1v) is 10.5. The summed E-state index contributed by atoms with van der Waals surface area (Å²) >= 11 is 0. The van der Waals surface area contributed by atoms with Crippen LogP contribution in [0, 0.1) is 20.6 Å². The Labute approximate surface area is 198 Å². The fourth-order valence-electron chi connectivity index (χ4n) is 4.39. The number of fused-ring (bicyclic) bond motifs is 1. The maximum absolute atomic E-state index is 8.99. The van der Waals surface area contributed by atoms with Gasteiger partial charge in [-0.05, 0) is 61.7 Å². The van der Waals surface area contributed by atoms with E-state index in [1.165, 1.54) is 0 Å². The van der Waals surface area contributed by atoms with Crippen molar-refractivity contribution in [2.75, 3.05) is 0 Å². The Hall–Kier alpha value is -2.87. The Balaban J connectivity index is 2.24. The SMILES string of the molecule is [2H]C([2H])([2H])c1ccc(-c2n(C)c3cc(C([2H])([2H])[2H])ccc3[n+]2-c2c(C([2H])(C)C)cccc2C([2H])(C)C)c(C)c1. The third kappa shape index (κ3) is 3.59. The van der Waals surface area contributed by atoms with E-state index in [1.807, 2.05) is 41.3 Å². The zero-order valence-corrected chi connectivity index (χ0v) is 19.1.